The van der Waals surface area contributed by atoms with Crippen LogP contribution in [0.3, 0.4) is 0 Å². The van der Waals surface area contributed by atoms with Crippen LogP contribution in [0.15, 0.2) is 48.5 Å². The number of nitrogens with zero attached hydrogens (tertiary/aromatic N) is 1. The highest BCUT2D eigenvalue weighted by atomic mass is 16.5. The van der Waals surface area contributed by atoms with Crippen molar-refractivity contribution in [3.8, 4) is 11.5 Å². The van der Waals surface area contributed by atoms with E-state index in [1.807, 2.05) is 48.5 Å². The second kappa shape index (κ2) is 10.8. The summed E-state index contributed by atoms with van der Waals surface area (Å²) in [5, 5.41) is 10.8. The zero-order chi connectivity index (χ0) is 21.5. The molecule has 0 radical (unpaired) electrons. The Morgan fingerprint density at radius 3 is 2.10 bits per heavy atom. The third-order valence-electron chi connectivity index (χ3n) is 6.08. The number of ether oxygens (including phenoxy) is 3. The highest BCUT2D eigenvalue weighted by Crippen LogP contribution is 2.39. The van der Waals surface area contributed by atoms with Crippen LogP contribution < -0.4 is 9.47 Å². The Morgan fingerprint density at radius 1 is 0.933 bits per heavy atom. The van der Waals surface area contributed by atoms with Crippen molar-refractivity contribution in [3.05, 3.63) is 59.7 Å². The van der Waals surface area contributed by atoms with Crippen molar-refractivity contribution in [1.29, 1.82) is 0 Å². The van der Waals surface area contributed by atoms with E-state index in [1.54, 1.807) is 14.2 Å². The summed E-state index contributed by atoms with van der Waals surface area (Å²) in [4.78, 5) is 2.40. The molecule has 1 N–H and O–H groups in total. The topological polar surface area (TPSA) is 51.2 Å². The molecule has 1 aliphatic rings. The van der Waals surface area contributed by atoms with Gasteiger partial charge in [0.2, 0.25) is 0 Å². The predicted molar refractivity (Wildman–Crippen MR) is 119 cm³/mol. The molecule has 30 heavy (non-hydrogen) atoms. The Hall–Kier alpha value is -2.08. The molecule has 0 spiro atoms. The standard InChI is InChI=1S/C25H35NO4/c1-18-10-8-11-19(2)26(18)16-21(27)17-30-25(20-12-6-5-7-13-20)24-22(28-3)14-9-15-23(24)29-4/h5-7,9,12-15,18-19,21,25,27H,8,10-11,16-17H2,1-4H3. The van der Waals surface area contributed by atoms with Gasteiger partial charge in [-0.2, -0.15) is 0 Å². The van der Waals surface area contributed by atoms with Crippen molar-refractivity contribution < 1.29 is 19.3 Å². The normalized spacial score (nSPS) is 21.8. The Labute approximate surface area is 180 Å². The van der Waals surface area contributed by atoms with Gasteiger partial charge in [-0.05, 0) is 44.4 Å². The van der Waals surface area contributed by atoms with E-state index in [0.29, 0.717) is 30.1 Å². The minimum atomic E-state index is -0.570. The summed E-state index contributed by atoms with van der Waals surface area (Å²) in [6.07, 6.45) is 2.66. The van der Waals surface area contributed by atoms with Gasteiger partial charge in [0.1, 0.15) is 17.6 Å². The number of likely N-dealkylation sites (tertiary alicyclic amines) is 1. The Bertz CT molecular complexity index is 750. The predicted octanol–water partition coefficient (Wildman–Crippen LogP) is 4.43. The summed E-state index contributed by atoms with van der Waals surface area (Å²) < 4.78 is 17.6. The number of methoxy groups -OCH3 is 2. The third-order valence-corrected chi connectivity index (χ3v) is 6.08. The molecular formula is C25H35NO4. The molecule has 164 valence electrons. The zero-order valence-corrected chi connectivity index (χ0v) is 18.6. The molecule has 0 aliphatic carbocycles. The largest absolute Gasteiger partial charge is 0.496 e. The molecule has 1 aliphatic heterocycles. The van der Waals surface area contributed by atoms with Gasteiger partial charge in [-0.25, -0.2) is 0 Å². The van der Waals surface area contributed by atoms with E-state index in [4.69, 9.17) is 14.2 Å². The van der Waals surface area contributed by atoms with Gasteiger partial charge in [0.15, 0.2) is 0 Å². The van der Waals surface area contributed by atoms with E-state index in [0.717, 1.165) is 11.1 Å². The number of aliphatic hydroxyl groups excluding tert-OH is 1. The van der Waals surface area contributed by atoms with Gasteiger partial charge >= 0.3 is 0 Å². The fourth-order valence-corrected chi connectivity index (χ4v) is 4.45. The molecule has 0 amide bonds. The SMILES string of the molecule is COc1cccc(OC)c1C(OCC(O)CN1C(C)CCCC1C)c1ccccc1. The summed E-state index contributed by atoms with van der Waals surface area (Å²) in [6, 6.07) is 16.7. The molecule has 2 aromatic rings. The lowest BCUT2D eigenvalue weighted by Gasteiger charge is -2.40. The quantitative estimate of drug-likeness (QED) is 0.659. The highest BCUT2D eigenvalue weighted by molar-refractivity contribution is 5.49. The number of β-amino-alcohol motifs (C(OH)–C–C–N with tert-alkyl or cyclic N) is 1. The molecule has 0 aromatic heterocycles. The number of hydrogen-bond acceptors (Lipinski definition) is 5. The highest BCUT2D eigenvalue weighted by Gasteiger charge is 2.28. The van der Waals surface area contributed by atoms with Crippen LogP contribution in [0.4, 0.5) is 0 Å². The fourth-order valence-electron chi connectivity index (χ4n) is 4.45. The maximum atomic E-state index is 10.8. The minimum Gasteiger partial charge on any atom is -0.496 e. The maximum absolute atomic E-state index is 10.8. The molecule has 0 bridgehead atoms. The van der Waals surface area contributed by atoms with E-state index in [1.165, 1.54) is 19.3 Å². The lowest BCUT2D eigenvalue weighted by Crippen LogP contribution is -2.48. The number of aliphatic hydroxyl groups is 1. The van der Waals surface area contributed by atoms with E-state index < -0.39 is 12.2 Å². The first-order valence-corrected chi connectivity index (χ1v) is 10.9. The number of benzene rings is 2. The molecule has 5 nitrogen and oxygen atoms in total. The van der Waals surface area contributed by atoms with Gasteiger partial charge in [0.05, 0.1) is 32.5 Å². The molecule has 4 unspecified atom stereocenters. The van der Waals surface area contributed by atoms with Crippen molar-refractivity contribution in [1.82, 2.24) is 4.90 Å². The van der Waals surface area contributed by atoms with E-state index in [-0.39, 0.29) is 6.61 Å². The average molecular weight is 414 g/mol. The second-order valence-electron chi connectivity index (χ2n) is 8.18. The molecular weight excluding hydrogens is 378 g/mol. The Kier molecular flexibility index (Phi) is 8.14. The van der Waals surface area contributed by atoms with Crippen LogP contribution in [0.5, 0.6) is 11.5 Å². The van der Waals surface area contributed by atoms with Crippen molar-refractivity contribution in [3.63, 3.8) is 0 Å². The van der Waals surface area contributed by atoms with Crippen molar-refractivity contribution in [2.75, 3.05) is 27.4 Å². The smallest absolute Gasteiger partial charge is 0.128 e. The number of rotatable bonds is 9. The molecule has 4 atom stereocenters. The van der Waals surface area contributed by atoms with Gasteiger partial charge in [-0.3, -0.25) is 4.90 Å². The Balaban J connectivity index is 1.80. The summed E-state index contributed by atoms with van der Waals surface area (Å²) in [6.45, 7) is 5.34. The first kappa shape index (κ1) is 22.6. The van der Waals surface area contributed by atoms with Crippen LogP contribution in [-0.2, 0) is 4.74 Å². The summed E-state index contributed by atoms with van der Waals surface area (Å²) in [5.74, 6) is 1.41. The van der Waals surface area contributed by atoms with Gasteiger partial charge in [-0.15, -0.1) is 0 Å². The number of hydrogen-bond donors (Lipinski definition) is 1. The van der Waals surface area contributed by atoms with Crippen LogP contribution >= 0.6 is 0 Å². The lowest BCUT2D eigenvalue weighted by atomic mass is 9.97. The van der Waals surface area contributed by atoms with Crippen LogP contribution in [0.1, 0.15) is 50.3 Å². The molecule has 1 heterocycles. The third kappa shape index (κ3) is 5.34. The van der Waals surface area contributed by atoms with Crippen LogP contribution in [0.2, 0.25) is 0 Å². The molecule has 5 heteroatoms. The van der Waals surface area contributed by atoms with E-state index >= 15 is 0 Å². The van der Waals surface area contributed by atoms with Crippen LogP contribution in [0.25, 0.3) is 0 Å². The van der Waals surface area contributed by atoms with Gasteiger partial charge in [0, 0.05) is 18.6 Å². The van der Waals surface area contributed by atoms with E-state index in [2.05, 4.69) is 18.7 Å². The minimum absolute atomic E-state index is 0.233. The molecule has 3 rings (SSSR count). The molecule has 0 saturated carbocycles. The Morgan fingerprint density at radius 2 is 1.53 bits per heavy atom. The van der Waals surface area contributed by atoms with Gasteiger partial charge in [-0.1, -0.05) is 42.8 Å². The maximum Gasteiger partial charge on any atom is 0.128 e. The summed E-state index contributed by atoms with van der Waals surface area (Å²) in [7, 11) is 3.29. The fraction of sp³-hybridized carbons (Fsp3) is 0.520. The van der Waals surface area contributed by atoms with Gasteiger partial charge in [0.25, 0.3) is 0 Å². The van der Waals surface area contributed by atoms with Crippen LogP contribution in [0, 0.1) is 0 Å². The molecule has 2 aromatic carbocycles. The van der Waals surface area contributed by atoms with E-state index in [9.17, 15) is 5.11 Å². The zero-order valence-electron chi connectivity index (χ0n) is 18.6. The summed E-state index contributed by atoms with van der Waals surface area (Å²) in [5.41, 5.74) is 1.83. The first-order chi connectivity index (χ1) is 14.5. The van der Waals surface area contributed by atoms with Crippen molar-refractivity contribution in [2.45, 2.75) is 57.4 Å². The molecule has 1 fully saturated rings. The average Bonchev–Trinajstić information content (AvgIpc) is 2.77. The lowest BCUT2D eigenvalue weighted by molar-refractivity contribution is -0.0271. The monoisotopic (exact) mass is 413 g/mol. The van der Waals surface area contributed by atoms with Crippen LogP contribution in [-0.4, -0.2) is 55.6 Å². The molecule has 1 saturated heterocycles. The number of piperidine rings is 1. The van der Waals surface area contributed by atoms with Gasteiger partial charge < -0.3 is 19.3 Å². The van der Waals surface area contributed by atoms with Crippen molar-refractivity contribution >= 4 is 0 Å². The first-order valence-electron chi connectivity index (χ1n) is 10.9. The van der Waals surface area contributed by atoms with Crippen molar-refractivity contribution in [2.24, 2.45) is 0 Å². The summed E-state index contributed by atoms with van der Waals surface area (Å²) >= 11 is 0. The second-order valence-corrected chi connectivity index (χ2v) is 8.18.